The molecule has 1 aromatic rings. The second kappa shape index (κ2) is 4.04. The molecule has 0 aromatic carbocycles. The van der Waals surface area contributed by atoms with Gasteiger partial charge in [0.05, 0.1) is 13.7 Å². The summed E-state index contributed by atoms with van der Waals surface area (Å²) in [6, 6.07) is 3.69. The van der Waals surface area contributed by atoms with Gasteiger partial charge >= 0.3 is 0 Å². The van der Waals surface area contributed by atoms with Crippen LogP contribution in [0, 0.1) is 6.92 Å². The molecule has 0 aliphatic heterocycles. The zero-order valence-corrected chi connectivity index (χ0v) is 7.20. The molecule has 0 aliphatic carbocycles. The molecule has 12 heavy (non-hydrogen) atoms. The SMILES string of the molecule is COc1cc(CON)cc(C)n1. The molecule has 0 radical (unpaired) electrons. The zero-order valence-electron chi connectivity index (χ0n) is 7.20. The lowest BCUT2D eigenvalue weighted by Crippen LogP contribution is -2.00. The summed E-state index contributed by atoms with van der Waals surface area (Å²) in [4.78, 5) is 8.62. The Bertz CT molecular complexity index is 263. The van der Waals surface area contributed by atoms with Crippen LogP contribution >= 0.6 is 0 Å². The van der Waals surface area contributed by atoms with E-state index in [0.29, 0.717) is 12.5 Å². The van der Waals surface area contributed by atoms with Gasteiger partial charge in [0.15, 0.2) is 0 Å². The number of hydrogen-bond acceptors (Lipinski definition) is 4. The maximum atomic E-state index is 4.97. The molecule has 1 rings (SSSR count). The van der Waals surface area contributed by atoms with Crippen LogP contribution in [0.15, 0.2) is 12.1 Å². The molecule has 4 heteroatoms. The Labute approximate surface area is 71.3 Å². The van der Waals surface area contributed by atoms with Crippen molar-refractivity contribution in [3.05, 3.63) is 23.4 Å². The largest absolute Gasteiger partial charge is 0.481 e. The Morgan fingerprint density at radius 1 is 1.50 bits per heavy atom. The monoisotopic (exact) mass is 168 g/mol. The Morgan fingerprint density at radius 2 is 2.25 bits per heavy atom. The number of hydrogen-bond donors (Lipinski definition) is 1. The first-order valence-corrected chi connectivity index (χ1v) is 3.59. The van der Waals surface area contributed by atoms with E-state index in [-0.39, 0.29) is 0 Å². The van der Waals surface area contributed by atoms with Crippen LogP contribution in [0.5, 0.6) is 5.88 Å². The smallest absolute Gasteiger partial charge is 0.213 e. The maximum absolute atomic E-state index is 4.97. The highest BCUT2D eigenvalue weighted by atomic mass is 16.6. The number of methoxy groups -OCH3 is 1. The van der Waals surface area contributed by atoms with Crippen LogP contribution in [-0.2, 0) is 11.4 Å². The second-order valence-corrected chi connectivity index (χ2v) is 2.47. The number of aromatic nitrogens is 1. The number of ether oxygens (including phenoxy) is 1. The van der Waals surface area contributed by atoms with Gasteiger partial charge in [-0.15, -0.1) is 0 Å². The quantitative estimate of drug-likeness (QED) is 0.678. The molecule has 1 heterocycles. The van der Waals surface area contributed by atoms with E-state index < -0.39 is 0 Å². The van der Waals surface area contributed by atoms with E-state index in [2.05, 4.69) is 9.82 Å². The van der Waals surface area contributed by atoms with Crippen molar-refractivity contribution in [2.45, 2.75) is 13.5 Å². The first kappa shape index (κ1) is 8.96. The van der Waals surface area contributed by atoms with Crippen LogP contribution in [0.4, 0.5) is 0 Å². The van der Waals surface area contributed by atoms with Crippen LogP contribution < -0.4 is 10.6 Å². The number of pyridine rings is 1. The number of nitrogens with zero attached hydrogens (tertiary/aromatic N) is 1. The number of nitrogens with two attached hydrogens (primary N) is 1. The van der Waals surface area contributed by atoms with Crippen molar-refractivity contribution in [2.75, 3.05) is 7.11 Å². The molecule has 0 aliphatic rings. The minimum absolute atomic E-state index is 0.375. The Balaban J connectivity index is 2.90. The summed E-state index contributed by atoms with van der Waals surface area (Å²) in [6.45, 7) is 2.27. The fourth-order valence-corrected chi connectivity index (χ4v) is 0.991. The predicted molar refractivity (Wildman–Crippen MR) is 44.5 cm³/mol. The standard InChI is InChI=1S/C8H12N2O2/c1-6-3-7(5-12-9)4-8(10-6)11-2/h3-4H,5,9H2,1-2H3. The third kappa shape index (κ3) is 2.18. The molecule has 2 N–H and O–H groups in total. The third-order valence-corrected chi connectivity index (χ3v) is 1.45. The summed E-state index contributed by atoms with van der Waals surface area (Å²) in [7, 11) is 1.58. The minimum Gasteiger partial charge on any atom is -0.481 e. The maximum Gasteiger partial charge on any atom is 0.213 e. The predicted octanol–water partition coefficient (Wildman–Crippen LogP) is 0.789. The van der Waals surface area contributed by atoms with Crippen molar-refractivity contribution in [1.82, 2.24) is 4.98 Å². The van der Waals surface area contributed by atoms with Crippen molar-refractivity contribution in [2.24, 2.45) is 5.90 Å². The highest BCUT2D eigenvalue weighted by Crippen LogP contribution is 2.11. The average molecular weight is 168 g/mol. The van der Waals surface area contributed by atoms with E-state index >= 15 is 0 Å². The van der Waals surface area contributed by atoms with Crippen LogP contribution in [-0.4, -0.2) is 12.1 Å². The van der Waals surface area contributed by atoms with Gasteiger partial charge in [-0.05, 0) is 18.6 Å². The molecule has 66 valence electrons. The van der Waals surface area contributed by atoms with Crippen LogP contribution in [0.1, 0.15) is 11.3 Å². The zero-order chi connectivity index (χ0) is 8.97. The topological polar surface area (TPSA) is 57.4 Å². The normalized spacial score (nSPS) is 9.92. The molecule has 0 bridgehead atoms. The third-order valence-electron chi connectivity index (χ3n) is 1.45. The second-order valence-electron chi connectivity index (χ2n) is 2.47. The van der Waals surface area contributed by atoms with E-state index in [4.69, 9.17) is 10.6 Å². The molecular weight excluding hydrogens is 156 g/mol. The van der Waals surface area contributed by atoms with Gasteiger partial charge in [0.1, 0.15) is 0 Å². The fraction of sp³-hybridized carbons (Fsp3) is 0.375. The van der Waals surface area contributed by atoms with E-state index in [1.165, 1.54) is 0 Å². The summed E-state index contributed by atoms with van der Waals surface area (Å²) >= 11 is 0. The molecule has 0 unspecified atom stereocenters. The molecule has 0 atom stereocenters. The van der Waals surface area contributed by atoms with Gasteiger partial charge in [0, 0.05) is 11.8 Å². The van der Waals surface area contributed by atoms with Gasteiger partial charge in [0.2, 0.25) is 5.88 Å². The molecule has 0 saturated carbocycles. The summed E-state index contributed by atoms with van der Waals surface area (Å²) in [5.74, 6) is 5.53. The molecular formula is C8H12N2O2. The highest BCUT2D eigenvalue weighted by molar-refractivity contribution is 5.23. The van der Waals surface area contributed by atoms with Gasteiger partial charge in [-0.2, -0.15) is 0 Å². The molecule has 4 nitrogen and oxygen atoms in total. The molecule has 0 saturated heterocycles. The van der Waals surface area contributed by atoms with Crippen LogP contribution in [0.2, 0.25) is 0 Å². The van der Waals surface area contributed by atoms with E-state index in [1.54, 1.807) is 13.2 Å². The van der Waals surface area contributed by atoms with E-state index in [9.17, 15) is 0 Å². The van der Waals surface area contributed by atoms with Gasteiger partial charge in [-0.1, -0.05) is 0 Å². The lowest BCUT2D eigenvalue weighted by molar-refractivity contribution is 0.124. The Kier molecular flexibility index (Phi) is 3.01. The highest BCUT2D eigenvalue weighted by Gasteiger charge is 1.99. The molecule has 1 aromatic heterocycles. The van der Waals surface area contributed by atoms with Gasteiger partial charge in [-0.25, -0.2) is 10.9 Å². The summed E-state index contributed by atoms with van der Waals surface area (Å²) < 4.78 is 4.97. The molecule has 0 fully saturated rings. The Morgan fingerprint density at radius 3 is 2.83 bits per heavy atom. The van der Waals surface area contributed by atoms with Crippen molar-refractivity contribution in [1.29, 1.82) is 0 Å². The van der Waals surface area contributed by atoms with Crippen LogP contribution in [0.3, 0.4) is 0 Å². The van der Waals surface area contributed by atoms with Crippen molar-refractivity contribution in [3.63, 3.8) is 0 Å². The van der Waals surface area contributed by atoms with Gasteiger partial charge in [0.25, 0.3) is 0 Å². The fourth-order valence-electron chi connectivity index (χ4n) is 0.991. The van der Waals surface area contributed by atoms with Crippen LogP contribution in [0.25, 0.3) is 0 Å². The lowest BCUT2D eigenvalue weighted by atomic mass is 10.2. The molecule has 0 spiro atoms. The average Bonchev–Trinajstić information content (AvgIpc) is 2.04. The first-order valence-electron chi connectivity index (χ1n) is 3.59. The van der Waals surface area contributed by atoms with E-state index in [1.807, 2.05) is 13.0 Å². The number of aryl methyl sites for hydroxylation is 1. The van der Waals surface area contributed by atoms with Crippen molar-refractivity contribution >= 4 is 0 Å². The summed E-state index contributed by atoms with van der Waals surface area (Å²) in [5.41, 5.74) is 1.85. The minimum atomic E-state index is 0.375. The van der Waals surface area contributed by atoms with Gasteiger partial charge in [-0.3, -0.25) is 4.84 Å². The van der Waals surface area contributed by atoms with Crippen molar-refractivity contribution in [3.8, 4) is 5.88 Å². The summed E-state index contributed by atoms with van der Waals surface area (Å²) in [5, 5.41) is 0. The van der Waals surface area contributed by atoms with E-state index in [0.717, 1.165) is 11.3 Å². The number of rotatable bonds is 3. The van der Waals surface area contributed by atoms with Gasteiger partial charge < -0.3 is 4.74 Å². The molecule has 0 amide bonds. The first-order chi connectivity index (χ1) is 5.76. The van der Waals surface area contributed by atoms with Crippen molar-refractivity contribution < 1.29 is 9.57 Å². The Hall–Kier alpha value is -1.13. The summed E-state index contributed by atoms with van der Waals surface area (Å²) in [6.07, 6.45) is 0. The lowest BCUT2D eigenvalue weighted by Gasteiger charge is -2.03.